The molecule has 2 aromatic rings. The zero-order valence-corrected chi connectivity index (χ0v) is 10.3. The quantitative estimate of drug-likeness (QED) is 0.517. The van der Waals surface area contributed by atoms with Crippen LogP contribution in [0, 0.1) is 0 Å². The fraction of sp³-hybridized carbons (Fsp3) is 0.364. The molecule has 0 saturated carbocycles. The zero-order valence-electron chi connectivity index (χ0n) is 8.61. The Kier molecular flexibility index (Phi) is 2.32. The van der Waals surface area contributed by atoms with Gasteiger partial charge in [-0.25, -0.2) is 0 Å². The molecule has 0 N–H and O–H groups in total. The maximum atomic E-state index is 4.60. The number of pyridine rings is 1. The summed E-state index contributed by atoms with van der Waals surface area (Å²) in [6.07, 6.45) is 2.11. The number of thiophene rings is 1. The number of aromatic nitrogens is 1. The van der Waals surface area contributed by atoms with Crippen LogP contribution in [0.3, 0.4) is 0 Å². The predicted molar refractivity (Wildman–Crippen MR) is 64.3 cm³/mol. The molecule has 2 heterocycles. The summed E-state index contributed by atoms with van der Waals surface area (Å²) in [5.74, 6) is 0. The molecule has 0 amide bonds. The molecule has 0 radical (unpaired) electrons. The van der Waals surface area contributed by atoms with E-state index in [0.29, 0.717) is 0 Å². The third kappa shape index (κ3) is 1.55. The standard InChI is InChI=1S/C11H13NS2/c1-11(2,3)12-6-4-8-5-7-14-9(8)10(12)13/h4-7H,1-3H3/p+1. The first-order valence-corrected chi connectivity index (χ1v) is 5.94. The Morgan fingerprint density at radius 2 is 2.00 bits per heavy atom. The summed E-state index contributed by atoms with van der Waals surface area (Å²) >= 11 is 6.34. The molecular weight excluding hydrogens is 210 g/mol. The van der Waals surface area contributed by atoms with Crippen molar-refractivity contribution in [3.8, 4) is 0 Å². The molecule has 14 heavy (non-hydrogen) atoms. The minimum atomic E-state index is 0.0925. The van der Waals surface area contributed by atoms with Crippen molar-refractivity contribution in [2.75, 3.05) is 0 Å². The topological polar surface area (TPSA) is 3.88 Å². The van der Waals surface area contributed by atoms with Crippen LogP contribution in [0.1, 0.15) is 20.8 Å². The highest BCUT2D eigenvalue weighted by Crippen LogP contribution is 2.25. The molecule has 2 rings (SSSR count). The van der Waals surface area contributed by atoms with Gasteiger partial charge in [0, 0.05) is 32.2 Å². The first-order valence-electron chi connectivity index (χ1n) is 4.61. The number of thiol groups is 1. The van der Waals surface area contributed by atoms with Gasteiger partial charge in [-0.15, -0.1) is 11.3 Å². The number of hydrogen-bond acceptors (Lipinski definition) is 2. The van der Waals surface area contributed by atoms with Crippen LogP contribution in [-0.4, -0.2) is 0 Å². The van der Waals surface area contributed by atoms with Crippen LogP contribution in [0.5, 0.6) is 0 Å². The number of nitrogens with zero attached hydrogens (tertiary/aromatic N) is 1. The molecule has 74 valence electrons. The Labute approximate surface area is 93.8 Å². The van der Waals surface area contributed by atoms with Crippen molar-refractivity contribution in [3.05, 3.63) is 23.7 Å². The molecule has 3 heteroatoms. The lowest BCUT2D eigenvalue weighted by molar-refractivity contribution is -0.784. The molecule has 0 aliphatic rings. The summed E-state index contributed by atoms with van der Waals surface area (Å²) in [6, 6.07) is 4.28. The Bertz CT molecular complexity index is 466. The van der Waals surface area contributed by atoms with Gasteiger partial charge in [-0.05, 0) is 11.4 Å². The Balaban J connectivity index is 2.74. The van der Waals surface area contributed by atoms with Crippen LogP contribution >= 0.6 is 24.0 Å². The van der Waals surface area contributed by atoms with E-state index in [1.54, 1.807) is 11.3 Å². The highest BCUT2D eigenvalue weighted by molar-refractivity contribution is 7.80. The van der Waals surface area contributed by atoms with E-state index in [9.17, 15) is 0 Å². The second-order valence-corrected chi connectivity index (χ2v) is 5.72. The molecule has 2 aromatic heterocycles. The predicted octanol–water partition coefficient (Wildman–Crippen LogP) is 3.23. The van der Waals surface area contributed by atoms with E-state index in [-0.39, 0.29) is 5.54 Å². The summed E-state index contributed by atoms with van der Waals surface area (Å²) in [4.78, 5) is 0. The van der Waals surface area contributed by atoms with Crippen LogP contribution in [-0.2, 0) is 5.54 Å². The Morgan fingerprint density at radius 3 is 2.64 bits per heavy atom. The van der Waals surface area contributed by atoms with Crippen LogP contribution in [0.25, 0.3) is 10.1 Å². The molecular formula is C11H14NS2+. The van der Waals surface area contributed by atoms with Gasteiger partial charge in [0.15, 0.2) is 11.7 Å². The SMILES string of the molecule is CC(C)(C)[n+]1ccc2ccsc2c1S. The summed E-state index contributed by atoms with van der Waals surface area (Å²) in [7, 11) is 0. The lowest BCUT2D eigenvalue weighted by atomic mass is 10.1. The maximum absolute atomic E-state index is 4.60. The van der Waals surface area contributed by atoms with Gasteiger partial charge in [0.25, 0.3) is 5.03 Å². The zero-order chi connectivity index (χ0) is 10.3. The third-order valence-electron chi connectivity index (χ3n) is 2.25. The van der Waals surface area contributed by atoms with E-state index >= 15 is 0 Å². The van der Waals surface area contributed by atoms with Gasteiger partial charge in [0.2, 0.25) is 0 Å². The molecule has 0 bridgehead atoms. The summed E-state index contributed by atoms with van der Waals surface area (Å²) in [5, 5.41) is 4.45. The third-order valence-corrected chi connectivity index (χ3v) is 3.78. The number of fused-ring (bicyclic) bond motifs is 1. The second kappa shape index (κ2) is 3.24. The van der Waals surface area contributed by atoms with Crippen molar-refractivity contribution in [1.82, 2.24) is 0 Å². The summed E-state index contributed by atoms with van der Waals surface area (Å²) < 4.78 is 3.47. The molecule has 0 aliphatic carbocycles. The van der Waals surface area contributed by atoms with E-state index in [0.717, 1.165) is 5.03 Å². The van der Waals surface area contributed by atoms with Crippen LogP contribution in [0.4, 0.5) is 0 Å². The Hall–Kier alpha value is -0.540. The van der Waals surface area contributed by atoms with Crippen molar-refractivity contribution in [1.29, 1.82) is 0 Å². The molecule has 0 aliphatic heterocycles. The lowest BCUT2D eigenvalue weighted by Gasteiger charge is -2.14. The van der Waals surface area contributed by atoms with E-state index < -0.39 is 0 Å². The fourth-order valence-electron chi connectivity index (χ4n) is 1.51. The van der Waals surface area contributed by atoms with Crippen molar-refractivity contribution in [2.24, 2.45) is 0 Å². The number of hydrogen-bond donors (Lipinski definition) is 1. The largest absolute Gasteiger partial charge is 0.255 e. The van der Waals surface area contributed by atoms with Crippen molar-refractivity contribution < 1.29 is 4.57 Å². The van der Waals surface area contributed by atoms with Gasteiger partial charge in [-0.1, -0.05) is 12.6 Å². The van der Waals surface area contributed by atoms with E-state index in [4.69, 9.17) is 0 Å². The molecule has 0 aromatic carbocycles. The molecule has 0 spiro atoms. The minimum absolute atomic E-state index is 0.0925. The first-order chi connectivity index (χ1) is 6.50. The Morgan fingerprint density at radius 1 is 1.29 bits per heavy atom. The van der Waals surface area contributed by atoms with E-state index in [1.165, 1.54) is 10.1 Å². The van der Waals surface area contributed by atoms with Crippen molar-refractivity contribution >= 4 is 34.1 Å². The molecule has 0 unspecified atom stereocenters. The average Bonchev–Trinajstić information content (AvgIpc) is 2.50. The molecule has 0 saturated heterocycles. The smallest absolute Gasteiger partial charge is 0.188 e. The normalized spacial score (nSPS) is 12.3. The molecule has 1 nitrogen and oxygen atoms in total. The van der Waals surface area contributed by atoms with Gasteiger partial charge in [0.05, 0.1) is 0 Å². The van der Waals surface area contributed by atoms with Gasteiger partial charge in [0.1, 0.15) is 4.70 Å². The monoisotopic (exact) mass is 224 g/mol. The number of rotatable bonds is 0. The average molecular weight is 224 g/mol. The van der Waals surface area contributed by atoms with E-state index in [1.807, 2.05) is 0 Å². The van der Waals surface area contributed by atoms with Crippen LogP contribution < -0.4 is 4.57 Å². The van der Waals surface area contributed by atoms with Crippen LogP contribution in [0.2, 0.25) is 0 Å². The molecule has 0 atom stereocenters. The van der Waals surface area contributed by atoms with Crippen molar-refractivity contribution in [3.63, 3.8) is 0 Å². The van der Waals surface area contributed by atoms with Crippen molar-refractivity contribution in [2.45, 2.75) is 31.3 Å². The highest BCUT2D eigenvalue weighted by Gasteiger charge is 2.25. The maximum Gasteiger partial charge on any atom is 0.255 e. The minimum Gasteiger partial charge on any atom is -0.188 e. The van der Waals surface area contributed by atoms with Gasteiger partial charge >= 0.3 is 0 Å². The van der Waals surface area contributed by atoms with Gasteiger partial charge < -0.3 is 0 Å². The molecule has 0 fully saturated rings. The highest BCUT2D eigenvalue weighted by atomic mass is 32.1. The van der Waals surface area contributed by atoms with E-state index in [2.05, 4.69) is 61.7 Å². The van der Waals surface area contributed by atoms with Crippen LogP contribution in [0.15, 0.2) is 28.7 Å². The lowest BCUT2D eigenvalue weighted by Crippen LogP contribution is -2.51. The first kappa shape index (κ1) is 9.99. The second-order valence-electron chi connectivity index (χ2n) is 4.39. The summed E-state index contributed by atoms with van der Waals surface area (Å²) in [5.41, 5.74) is 0.0925. The fourth-order valence-corrected chi connectivity index (χ4v) is 2.99. The van der Waals surface area contributed by atoms with Gasteiger partial charge in [-0.2, -0.15) is 4.57 Å². The summed E-state index contributed by atoms with van der Waals surface area (Å²) in [6.45, 7) is 6.56. The van der Waals surface area contributed by atoms with Gasteiger partial charge in [-0.3, -0.25) is 0 Å².